The molecule has 0 aliphatic carbocycles. The van der Waals surface area contributed by atoms with E-state index in [0.29, 0.717) is 12.6 Å². The largest absolute Gasteiger partial charge is 0.360 e. The quantitative estimate of drug-likeness (QED) is 0.858. The van der Waals surface area contributed by atoms with Crippen molar-refractivity contribution in [1.29, 1.82) is 0 Å². The van der Waals surface area contributed by atoms with Crippen molar-refractivity contribution in [3.63, 3.8) is 0 Å². The van der Waals surface area contributed by atoms with Crippen molar-refractivity contribution in [2.45, 2.75) is 32.4 Å². The van der Waals surface area contributed by atoms with Crippen LogP contribution >= 0.6 is 11.6 Å². The highest BCUT2D eigenvalue weighted by Gasteiger charge is 2.10. The van der Waals surface area contributed by atoms with E-state index >= 15 is 0 Å². The Bertz CT molecular complexity index is 453. The molecule has 1 atom stereocenters. The van der Waals surface area contributed by atoms with E-state index in [-0.39, 0.29) is 0 Å². The lowest BCUT2D eigenvalue weighted by molar-refractivity contribution is 0.359. The Hall–Kier alpha value is -1.32. The highest BCUT2D eigenvalue weighted by Crippen LogP contribution is 2.21. The van der Waals surface area contributed by atoms with Gasteiger partial charge in [0.25, 0.3) is 0 Å². The highest BCUT2D eigenvalue weighted by molar-refractivity contribution is 6.30. The average Bonchev–Trinajstić information content (AvgIpc) is 2.89. The summed E-state index contributed by atoms with van der Waals surface area (Å²) in [5.74, 6) is 0.852. The predicted octanol–water partition coefficient (Wildman–Crippen LogP) is 3.96. The van der Waals surface area contributed by atoms with E-state index in [0.717, 1.165) is 23.6 Å². The van der Waals surface area contributed by atoms with Crippen LogP contribution in [0.15, 0.2) is 41.1 Å². The van der Waals surface area contributed by atoms with Gasteiger partial charge >= 0.3 is 0 Å². The molecule has 0 aliphatic heterocycles. The van der Waals surface area contributed by atoms with E-state index < -0.39 is 0 Å². The number of rotatable bonds is 6. The first-order chi connectivity index (χ1) is 8.79. The van der Waals surface area contributed by atoms with Crippen molar-refractivity contribution >= 4 is 11.6 Å². The molecule has 1 N–H and O–H groups in total. The van der Waals surface area contributed by atoms with Gasteiger partial charge in [0.15, 0.2) is 0 Å². The van der Waals surface area contributed by atoms with E-state index in [4.69, 9.17) is 16.1 Å². The number of benzene rings is 1. The summed E-state index contributed by atoms with van der Waals surface area (Å²) in [6, 6.07) is 10.2. The van der Waals surface area contributed by atoms with Gasteiger partial charge in [0.05, 0.1) is 12.7 Å². The van der Waals surface area contributed by atoms with Crippen molar-refractivity contribution in [3.8, 4) is 0 Å². The molecular weight excluding hydrogens is 248 g/mol. The fourth-order valence-corrected chi connectivity index (χ4v) is 2.05. The minimum absolute atomic E-state index is 0.317. The Morgan fingerprint density at radius 3 is 2.67 bits per heavy atom. The molecule has 1 aromatic heterocycles. The Labute approximate surface area is 112 Å². The summed E-state index contributed by atoms with van der Waals surface area (Å²) in [4.78, 5) is 0. The summed E-state index contributed by atoms with van der Waals surface area (Å²) in [7, 11) is 0. The third kappa shape index (κ3) is 3.59. The molecule has 0 radical (unpaired) electrons. The zero-order chi connectivity index (χ0) is 12.8. The molecule has 2 rings (SSSR count). The minimum Gasteiger partial charge on any atom is -0.360 e. The maximum atomic E-state index is 5.91. The number of nitrogens with one attached hydrogen (secondary N) is 1. The van der Waals surface area contributed by atoms with Gasteiger partial charge in [0.2, 0.25) is 0 Å². The van der Waals surface area contributed by atoms with Crippen LogP contribution in [0.1, 0.15) is 37.1 Å². The van der Waals surface area contributed by atoms with Gasteiger partial charge in [-0.3, -0.25) is 0 Å². The van der Waals surface area contributed by atoms with Gasteiger partial charge in [0, 0.05) is 17.1 Å². The van der Waals surface area contributed by atoms with Gasteiger partial charge in [-0.1, -0.05) is 42.2 Å². The number of nitrogens with zero attached hydrogens (tertiary/aromatic N) is 1. The van der Waals surface area contributed by atoms with E-state index in [2.05, 4.69) is 29.5 Å². The summed E-state index contributed by atoms with van der Waals surface area (Å²) in [6.45, 7) is 2.87. The summed E-state index contributed by atoms with van der Waals surface area (Å²) >= 11 is 5.91. The summed E-state index contributed by atoms with van der Waals surface area (Å²) in [6.07, 6.45) is 3.86. The summed E-state index contributed by atoms with van der Waals surface area (Å²) < 4.78 is 5.08. The Kier molecular flexibility index (Phi) is 4.79. The number of halogens is 1. The number of aromatic nitrogens is 1. The second-order valence-corrected chi connectivity index (χ2v) is 4.69. The van der Waals surface area contributed by atoms with Gasteiger partial charge < -0.3 is 9.84 Å². The minimum atomic E-state index is 0.317. The lowest BCUT2D eigenvalue weighted by atomic mass is 10.0. The second-order valence-electron chi connectivity index (χ2n) is 4.25. The summed E-state index contributed by atoms with van der Waals surface area (Å²) in [5.41, 5.74) is 1.25. The predicted molar refractivity (Wildman–Crippen MR) is 72.4 cm³/mol. The highest BCUT2D eigenvalue weighted by atomic mass is 35.5. The van der Waals surface area contributed by atoms with E-state index in [1.165, 1.54) is 5.56 Å². The third-order valence-electron chi connectivity index (χ3n) is 2.86. The van der Waals surface area contributed by atoms with Crippen LogP contribution in [0.5, 0.6) is 0 Å². The fraction of sp³-hybridized carbons (Fsp3) is 0.357. The van der Waals surface area contributed by atoms with Crippen LogP contribution in [0, 0.1) is 0 Å². The van der Waals surface area contributed by atoms with Crippen molar-refractivity contribution in [2.24, 2.45) is 0 Å². The Balaban J connectivity index is 2.01. The third-order valence-corrected chi connectivity index (χ3v) is 3.12. The number of hydrogen-bond acceptors (Lipinski definition) is 3. The van der Waals surface area contributed by atoms with Gasteiger partial charge in [-0.2, -0.15) is 0 Å². The van der Waals surface area contributed by atoms with E-state index in [1.807, 2.05) is 18.2 Å². The molecular formula is C14H17ClN2O. The van der Waals surface area contributed by atoms with Crippen molar-refractivity contribution in [1.82, 2.24) is 10.5 Å². The smallest absolute Gasteiger partial charge is 0.150 e. The van der Waals surface area contributed by atoms with Gasteiger partial charge in [-0.15, -0.1) is 0 Å². The zero-order valence-corrected chi connectivity index (χ0v) is 11.2. The molecule has 0 amide bonds. The molecule has 96 valence electrons. The normalized spacial score (nSPS) is 12.6. The Morgan fingerprint density at radius 2 is 2.06 bits per heavy atom. The van der Waals surface area contributed by atoms with Crippen LogP contribution < -0.4 is 5.32 Å². The topological polar surface area (TPSA) is 38.1 Å². The first-order valence-corrected chi connectivity index (χ1v) is 6.56. The van der Waals surface area contributed by atoms with Crippen molar-refractivity contribution in [3.05, 3.63) is 52.9 Å². The van der Waals surface area contributed by atoms with Crippen LogP contribution in [0.4, 0.5) is 0 Å². The summed E-state index contributed by atoms with van der Waals surface area (Å²) in [5, 5.41) is 7.95. The molecule has 0 saturated carbocycles. The molecule has 0 aliphatic rings. The fourth-order valence-electron chi connectivity index (χ4n) is 1.93. The molecule has 3 nitrogen and oxygen atoms in total. The molecule has 0 saturated heterocycles. The molecule has 2 aromatic rings. The first-order valence-electron chi connectivity index (χ1n) is 6.18. The average molecular weight is 265 g/mol. The van der Waals surface area contributed by atoms with Gasteiger partial charge in [-0.05, 0) is 24.1 Å². The van der Waals surface area contributed by atoms with Gasteiger partial charge in [-0.25, -0.2) is 0 Å². The standard InChI is InChI=1S/C14H17ClN2O/c1-2-3-14(11-4-6-12(15)7-5-11)16-10-13-8-9-17-18-13/h4-9,14,16H,2-3,10H2,1H3. The second kappa shape index (κ2) is 6.57. The molecule has 1 aromatic carbocycles. The molecule has 1 unspecified atom stereocenters. The van der Waals surface area contributed by atoms with Crippen molar-refractivity contribution < 1.29 is 4.52 Å². The van der Waals surface area contributed by atoms with Crippen LogP contribution in [0.3, 0.4) is 0 Å². The first kappa shape index (κ1) is 13.1. The van der Waals surface area contributed by atoms with Gasteiger partial charge in [0.1, 0.15) is 5.76 Å². The van der Waals surface area contributed by atoms with E-state index in [1.54, 1.807) is 6.20 Å². The molecule has 0 fully saturated rings. The Morgan fingerprint density at radius 1 is 1.28 bits per heavy atom. The van der Waals surface area contributed by atoms with Crippen LogP contribution in [-0.4, -0.2) is 5.16 Å². The SMILES string of the molecule is CCCC(NCc1ccno1)c1ccc(Cl)cc1. The maximum Gasteiger partial charge on any atom is 0.150 e. The lowest BCUT2D eigenvalue weighted by Gasteiger charge is -2.17. The van der Waals surface area contributed by atoms with Crippen LogP contribution in [-0.2, 0) is 6.54 Å². The van der Waals surface area contributed by atoms with E-state index in [9.17, 15) is 0 Å². The molecule has 18 heavy (non-hydrogen) atoms. The lowest BCUT2D eigenvalue weighted by Crippen LogP contribution is -2.20. The molecule has 1 heterocycles. The molecule has 0 spiro atoms. The maximum absolute atomic E-state index is 5.91. The van der Waals surface area contributed by atoms with Crippen molar-refractivity contribution in [2.75, 3.05) is 0 Å². The molecule has 4 heteroatoms. The molecule has 0 bridgehead atoms. The monoisotopic (exact) mass is 264 g/mol. The zero-order valence-electron chi connectivity index (χ0n) is 10.4. The van der Waals surface area contributed by atoms with Crippen LogP contribution in [0.25, 0.3) is 0 Å². The van der Waals surface area contributed by atoms with Crippen LogP contribution in [0.2, 0.25) is 5.02 Å². The number of hydrogen-bond donors (Lipinski definition) is 1.